The molecule has 2 N–H and O–H groups in total. The van der Waals surface area contributed by atoms with Gasteiger partial charge in [-0.05, 0) is 25.7 Å². The molecule has 0 aromatic carbocycles. The van der Waals surface area contributed by atoms with Gasteiger partial charge in [0.25, 0.3) is 5.91 Å². The average Bonchev–Trinajstić information content (AvgIpc) is 2.90. The molecule has 1 aliphatic carbocycles. The molecule has 2 aliphatic rings. The van der Waals surface area contributed by atoms with Crippen LogP contribution in [0.2, 0.25) is 0 Å². The number of nitrogens with zero attached hydrogens (tertiary/aromatic N) is 2. The van der Waals surface area contributed by atoms with Crippen molar-refractivity contribution in [3.8, 4) is 0 Å². The fourth-order valence-corrected chi connectivity index (χ4v) is 2.01. The van der Waals surface area contributed by atoms with E-state index in [-0.39, 0.29) is 23.5 Å². The quantitative estimate of drug-likeness (QED) is 0.676. The Labute approximate surface area is 89.2 Å². The van der Waals surface area contributed by atoms with Gasteiger partial charge in [-0.15, -0.1) is 0 Å². The van der Waals surface area contributed by atoms with E-state index in [1.807, 2.05) is 0 Å². The SMILES string of the molecule is CN1C(=O)C(CCC2(N)CC2)N(C)C1=O. The highest BCUT2D eigenvalue weighted by Gasteiger charge is 2.44. The Morgan fingerprint density at radius 2 is 2.00 bits per heavy atom. The van der Waals surface area contributed by atoms with Crippen molar-refractivity contribution in [3.63, 3.8) is 0 Å². The Morgan fingerprint density at radius 1 is 1.40 bits per heavy atom. The van der Waals surface area contributed by atoms with Crippen LogP contribution >= 0.6 is 0 Å². The summed E-state index contributed by atoms with van der Waals surface area (Å²) in [6.45, 7) is 0. The van der Waals surface area contributed by atoms with Crippen LogP contribution in [0.4, 0.5) is 4.79 Å². The molecule has 15 heavy (non-hydrogen) atoms. The van der Waals surface area contributed by atoms with E-state index in [4.69, 9.17) is 5.73 Å². The second-order valence-corrected chi connectivity index (χ2v) is 4.71. The summed E-state index contributed by atoms with van der Waals surface area (Å²) < 4.78 is 0. The Bertz CT molecular complexity index is 312. The Balaban J connectivity index is 1.96. The lowest BCUT2D eigenvalue weighted by Crippen LogP contribution is -2.34. The molecule has 1 unspecified atom stereocenters. The molecular formula is C10H17N3O2. The average molecular weight is 211 g/mol. The van der Waals surface area contributed by atoms with Crippen molar-refractivity contribution in [3.05, 3.63) is 0 Å². The molecule has 5 heteroatoms. The third-order valence-corrected chi connectivity index (χ3v) is 3.48. The maximum absolute atomic E-state index is 11.7. The molecular weight excluding hydrogens is 194 g/mol. The van der Waals surface area contributed by atoms with Gasteiger partial charge in [-0.2, -0.15) is 0 Å². The maximum Gasteiger partial charge on any atom is 0.326 e. The number of rotatable bonds is 3. The predicted octanol–water partition coefficient (Wildman–Crippen LogP) is 0.150. The van der Waals surface area contributed by atoms with Gasteiger partial charge in [-0.3, -0.25) is 9.69 Å². The van der Waals surface area contributed by atoms with Crippen LogP contribution in [0.3, 0.4) is 0 Å². The minimum absolute atomic E-state index is 0.0503. The molecule has 3 amide bonds. The number of likely N-dealkylation sites (N-methyl/N-ethyl adjacent to an activating group) is 2. The lowest BCUT2D eigenvalue weighted by Gasteiger charge is -2.17. The zero-order valence-corrected chi connectivity index (χ0v) is 9.19. The summed E-state index contributed by atoms with van der Waals surface area (Å²) in [5, 5.41) is 0. The monoisotopic (exact) mass is 211 g/mol. The molecule has 0 bridgehead atoms. The van der Waals surface area contributed by atoms with E-state index in [0.717, 1.165) is 19.3 Å². The fraction of sp³-hybridized carbons (Fsp3) is 0.800. The van der Waals surface area contributed by atoms with Gasteiger partial charge in [0.05, 0.1) is 0 Å². The normalized spacial score (nSPS) is 28.9. The molecule has 0 aromatic rings. The number of amides is 3. The zero-order chi connectivity index (χ0) is 11.2. The Morgan fingerprint density at radius 3 is 2.40 bits per heavy atom. The van der Waals surface area contributed by atoms with E-state index >= 15 is 0 Å². The van der Waals surface area contributed by atoms with Gasteiger partial charge < -0.3 is 10.6 Å². The molecule has 1 saturated carbocycles. The van der Waals surface area contributed by atoms with E-state index in [0.29, 0.717) is 6.42 Å². The topological polar surface area (TPSA) is 66.6 Å². The smallest absolute Gasteiger partial charge is 0.325 e. The van der Waals surface area contributed by atoms with E-state index < -0.39 is 0 Å². The maximum atomic E-state index is 11.7. The molecule has 2 fully saturated rings. The number of carbonyl (C=O) groups is 2. The van der Waals surface area contributed by atoms with Crippen molar-refractivity contribution in [2.75, 3.05) is 14.1 Å². The first-order valence-corrected chi connectivity index (χ1v) is 5.28. The number of imide groups is 1. The van der Waals surface area contributed by atoms with E-state index in [1.54, 1.807) is 7.05 Å². The largest absolute Gasteiger partial charge is 0.326 e. The van der Waals surface area contributed by atoms with Gasteiger partial charge >= 0.3 is 6.03 Å². The molecule has 84 valence electrons. The summed E-state index contributed by atoms with van der Waals surface area (Å²) in [4.78, 5) is 25.8. The molecule has 1 heterocycles. The summed E-state index contributed by atoms with van der Waals surface area (Å²) in [7, 11) is 3.20. The van der Waals surface area contributed by atoms with E-state index in [2.05, 4.69) is 0 Å². The first-order chi connectivity index (χ1) is 6.94. The summed E-state index contributed by atoms with van der Waals surface area (Å²) in [6.07, 6.45) is 3.60. The van der Waals surface area contributed by atoms with Crippen molar-refractivity contribution >= 4 is 11.9 Å². The van der Waals surface area contributed by atoms with Crippen molar-refractivity contribution < 1.29 is 9.59 Å². The third-order valence-electron chi connectivity index (χ3n) is 3.48. The summed E-state index contributed by atoms with van der Waals surface area (Å²) >= 11 is 0. The second kappa shape index (κ2) is 3.20. The molecule has 0 spiro atoms. The van der Waals surface area contributed by atoms with Crippen LogP contribution in [0.1, 0.15) is 25.7 Å². The molecule has 0 radical (unpaired) electrons. The number of hydrogen-bond donors (Lipinski definition) is 1. The van der Waals surface area contributed by atoms with Crippen molar-refractivity contribution in [2.24, 2.45) is 5.73 Å². The molecule has 1 atom stereocenters. The Kier molecular flexibility index (Phi) is 2.22. The Hall–Kier alpha value is -1.10. The van der Waals surface area contributed by atoms with Crippen molar-refractivity contribution in [2.45, 2.75) is 37.3 Å². The standard InChI is InChI=1S/C10H17N3O2/c1-12-7(3-4-10(11)5-6-10)8(14)13(2)9(12)15/h7H,3-6,11H2,1-2H3. The van der Waals surface area contributed by atoms with Gasteiger partial charge in [0.15, 0.2) is 0 Å². The van der Waals surface area contributed by atoms with E-state index in [1.165, 1.54) is 16.8 Å². The van der Waals surface area contributed by atoms with Crippen LogP contribution in [0.15, 0.2) is 0 Å². The summed E-state index contributed by atoms with van der Waals surface area (Å²) in [6, 6.07) is -0.518. The predicted molar refractivity (Wildman–Crippen MR) is 55.1 cm³/mol. The minimum atomic E-state index is -0.302. The highest BCUT2D eigenvalue weighted by Crippen LogP contribution is 2.37. The van der Waals surface area contributed by atoms with Gasteiger partial charge in [-0.1, -0.05) is 0 Å². The molecule has 1 aliphatic heterocycles. The van der Waals surface area contributed by atoms with Crippen LogP contribution < -0.4 is 5.73 Å². The summed E-state index contributed by atoms with van der Waals surface area (Å²) in [5.74, 6) is -0.105. The molecule has 2 rings (SSSR count). The van der Waals surface area contributed by atoms with Gasteiger partial charge in [0.2, 0.25) is 0 Å². The molecule has 5 nitrogen and oxygen atoms in total. The van der Waals surface area contributed by atoms with Gasteiger partial charge in [0, 0.05) is 19.6 Å². The number of urea groups is 1. The lowest BCUT2D eigenvalue weighted by atomic mass is 10.0. The zero-order valence-electron chi connectivity index (χ0n) is 9.19. The number of hydrogen-bond acceptors (Lipinski definition) is 3. The minimum Gasteiger partial charge on any atom is -0.325 e. The molecule has 1 saturated heterocycles. The number of nitrogens with two attached hydrogens (primary N) is 1. The highest BCUT2D eigenvalue weighted by atomic mass is 16.2. The fourth-order valence-electron chi connectivity index (χ4n) is 2.01. The van der Waals surface area contributed by atoms with Crippen molar-refractivity contribution in [1.82, 2.24) is 9.80 Å². The van der Waals surface area contributed by atoms with Crippen LogP contribution in [-0.4, -0.2) is 47.4 Å². The first-order valence-electron chi connectivity index (χ1n) is 5.28. The second-order valence-electron chi connectivity index (χ2n) is 4.71. The third kappa shape index (κ3) is 1.71. The van der Waals surface area contributed by atoms with Gasteiger partial charge in [0.1, 0.15) is 6.04 Å². The molecule has 0 aromatic heterocycles. The number of carbonyl (C=O) groups excluding carboxylic acids is 2. The van der Waals surface area contributed by atoms with Crippen LogP contribution in [-0.2, 0) is 4.79 Å². The first kappa shape index (κ1) is 10.4. The highest BCUT2D eigenvalue weighted by molar-refractivity contribution is 6.03. The van der Waals surface area contributed by atoms with E-state index in [9.17, 15) is 9.59 Å². The van der Waals surface area contributed by atoms with Crippen LogP contribution in [0, 0.1) is 0 Å². The van der Waals surface area contributed by atoms with Crippen LogP contribution in [0.25, 0.3) is 0 Å². The summed E-state index contributed by atoms with van der Waals surface area (Å²) in [5.41, 5.74) is 5.91. The lowest BCUT2D eigenvalue weighted by molar-refractivity contribution is -0.127. The van der Waals surface area contributed by atoms with Crippen LogP contribution in [0.5, 0.6) is 0 Å². The van der Waals surface area contributed by atoms with Crippen molar-refractivity contribution in [1.29, 1.82) is 0 Å². The van der Waals surface area contributed by atoms with Gasteiger partial charge in [-0.25, -0.2) is 4.79 Å².